The van der Waals surface area contributed by atoms with Crippen LogP contribution in [-0.2, 0) is 10.9 Å². The van der Waals surface area contributed by atoms with Gasteiger partial charge in [-0.3, -0.25) is 0 Å². The van der Waals surface area contributed by atoms with Crippen LogP contribution in [0.4, 0.5) is 0 Å². The third kappa shape index (κ3) is 4.67. The monoisotopic (exact) mass is 304 g/mol. The van der Waals surface area contributed by atoms with Gasteiger partial charge in [0.25, 0.3) is 0 Å². The molecule has 0 fully saturated rings. The van der Waals surface area contributed by atoms with E-state index in [1.54, 1.807) is 0 Å². The molecule has 0 N–H and O–H groups in total. The standard InChI is InChI=1S/C17H22OP2/c1-2-17(18-20-19)13-10-14-8-11-16(12-9-14)15-6-4-3-5-7-15/h3-9,11-12,17,20H,2,10,13,19H2,1H3. The van der Waals surface area contributed by atoms with E-state index in [0.717, 1.165) is 19.3 Å². The SMILES string of the molecule is CCC(CCc1ccc(-c2ccccc2)cc1)OPP. The Hall–Kier alpha value is -0.740. The zero-order valence-electron chi connectivity index (χ0n) is 11.9. The number of aryl methyl sites for hydroxylation is 1. The zero-order chi connectivity index (χ0) is 14.2. The second-order valence-electron chi connectivity index (χ2n) is 4.87. The molecule has 3 heteroatoms. The first-order valence-corrected chi connectivity index (χ1v) is 9.81. The van der Waals surface area contributed by atoms with Gasteiger partial charge in [-0.05, 0) is 36.0 Å². The smallest absolute Gasteiger partial charge is 0.0619 e. The van der Waals surface area contributed by atoms with Crippen LogP contribution in [0.25, 0.3) is 11.1 Å². The average molecular weight is 304 g/mol. The van der Waals surface area contributed by atoms with Crippen LogP contribution in [0.5, 0.6) is 0 Å². The molecule has 106 valence electrons. The average Bonchev–Trinajstić information content (AvgIpc) is 2.53. The van der Waals surface area contributed by atoms with Crippen molar-refractivity contribution in [3.05, 3.63) is 60.2 Å². The van der Waals surface area contributed by atoms with Gasteiger partial charge in [0.15, 0.2) is 0 Å². The summed E-state index contributed by atoms with van der Waals surface area (Å²) in [5, 5.41) is 0. The van der Waals surface area contributed by atoms with Crippen LogP contribution in [0.2, 0.25) is 0 Å². The summed E-state index contributed by atoms with van der Waals surface area (Å²) in [6.07, 6.45) is 3.66. The van der Waals surface area contributed by atoms with Crippen molar-refractivity contribution in [2.24, 2.45) is 0 Å². The molecule has 3 atom stereocenters. The summed E-state index contributed by atoms with van der Waals surface area (Å²) < 4.78 is 5.70. The predicted octanol–water partition coefficient (Wildman–Crippen LogP) is 5.47. The highest BCUT2D eigenvalue weighted by Gasteiger charge is 2.06. The van der Waals surface area contributed by atoms with Gasteiger partial charge in [0.1, 0.15) is 0 Å². The molecular weight excluding hydrogens is 282 g/mol. The third-order valence-electron chi connectivity index (χ3n) is 3.51. The Morgan fingerprint density at radius 3 is 2.25 bits per heavy atom. The van der Waals surface area contributed by atoms with E-state index in [1.807, 2.05) is 0 Å². The topological polar surface area (TPSA) is 9.23 Å². The lowest BCUT2D eigenvalue weighted by Gasteiger charge is -2.14. The zero-order valence-corrected chi connectivity index (χ0v) is 14.0. The van der Waals surface area contributed by atoms with Crippen molar-refractivity contribution >= 4 is 17.4 Å². The van der Waals surface area contributed by atoms with Crippen molar-refractivity contribution in [2.45, 2.75) is 32.3 Å². The van der Waals surface area contributed by atoms with E-state index in [4.69, 9.17) is 4.52 Å². The number of rotatable bonds is 7. The summed E-state index contributed by atoms with van der Waals surface area (Å²) in [6, 6.07) is 19.4. The maximum atomic E-state index is 5.70. The Kier molecular flexibility index (Phi) is 6.67. The molecule has 1 nitrogen and oxygen atoms in total. The van der Waals surface area contributed by atoms with Gasteiger partial charge in [-0.2, -0.15) is 0 Å². The number of hydrogen-bond donors (Lipinski definition) is 0. The largest absolute Gasteiger partial charge is 0.355 e. The highest BCUT2D eigenvalue weighted by Crippen LogP contribution is 2.27. The minimum atomic E-state index is 0.389. The van der Waals surface area contributed by atoms with Crippen LogP contribution in [0.15, 0.2) is 54.6 Å². The van der Waals surface area contributed by atoms with Crippen molar-refractivity contribution in [3.63, 3.8) is 0 Å². The summed E-state index contributed by atoms with van der Waals surface area (Å²) in [7, 11) is 3.16. The maximum Gasteiger partial charge on any atom is 0.0619 e. The van der Waals surface area contributed by atoms with Gasteiger partial charge in [0.2, 0.25) is 0 Å². The lowest BCUT2D eigenvalue weighted by atomic mass is 10.0. The Morgan fingerprint density at radius 1 is 1.00 bits per heavy atom. The van der Waals surface area contributed by atoms with Crippen LogP contribution >= 0.6 is 17.4 Å². The van der Waals surface area contributed by atoms with E-state index in [9.17, 15) is 0 Å². The molecule has 0 aliphatic carbocycles. The Bertz CT molecular complexity index is 496. The van der Waals surface area contributed by atoms with E-state index < -0.39 is 0 Å². The molecule has 0 amide bonds. The van der Waals surface area contributed by atoms with Crippen LogP contribution in [0, 0.1) is 0 Å². The maximum absolute atomic E-state index is 5.70. The van der Waals surface area contributed by atoms with E-state index in [-0.39, 0.29) is 0 Å². The van der Waals surface area contributed by atoms with Crippen LogP contribution < -0.4 is 0 Å². The molecule has 0 saturated heterocycles. The van der Waals surface area contributed by atoms with Gasteiger partial charge in [-0.1, -0.05) is 70.4 Å². The molecule has 0 radical (unpaired) electrons. The first-order chi connectivity index (χ1) is 9.83. The van der Waals surface area contributed by atoms with E-state index in [1.165, 1.54) is 16.7 Å². The van der Waals surface area contributed by atoms with Gasteiger partial charge >= 0.3 is 0 Å². The Labute approximate surface area is 126 Å². The Balaban J connectivity index is 1.95. The van der Waals surface area contributed by atoms with Gasteiger partial charge < -0.3 is 4.52 Å². The summed E-state index contributed by atoms with van der Waals surface area (Å²) in [5.41, 5.74) is 3.95. The van der Waals surface area contributed by atoms with Crippen LogP contribution in [0.1, 0.15) is 25.3 Å². The predicted molar refractivity (Wildman–Crippen MR) is 93.4 cm³/mol. The number of benzene rings is 2. The minimum absolute atomic E-state index is 0.389. The van der Waals surface area contributed by atoms with Crippen molar-refractivity contribution in [2.75, 3.05) is 0 Å². The molecule has 20 heavy (non-hydrogen) atoms. The molecule has 3 unspecified atom stereocenters. The summed E-state index contributed by atoms with van der Waals surface area (Å²) in [5.74, 6) is 0. The quantitative estimate of drug-likeness (QED) is 0.617. The van der Waals surface area contributed by atoms with Gasteiger partial charge in [-0.15, -0.1) is 0 Å². The summed E-state index contributed by atoms with van der Waals surface area (Å²) >= 11 is 0. The molecule has 0 aliphatic rings. The second-order valence-corrected chi connectivity index (χ2v) is 6.05. The van der Waals surface area contributed by atoms with Crippen LogP contribution in [0.3, 0.4) is 0 Å². The van der Waals surface area contributed by atoms with Gasteiger partial charge in [0, 0.05) is 8.50 Å². The molecule has 0 heterocycles. The first-order valence-electron chi connectivity index (χ1n) is 7.09. The fourth-order valence-corrected chi connectivity index (χ4v) is 3.32. The van der Waals surface area contributed by atoms with Crippen LogP contribution in [-0.4, -0.2) is 6.10 Å². The number of hydrogen-bond acceptors (Lipinski definition) is 1. The molecule has 0 bridgehead atoms. The minimum Gasteiger partial charge on any atom is -0.355 e. The van der Waals surface area contributed by atoms with E-state index in [0.29, 0.717) is 14.6 Å². The highest BCUT2D eigenvalue weighted by atomic mass is 32.0. The molecule has 0 aromatic heterocycles. The van der Waals surface area contributed by atoms with Crippen molar-refractivity contribution in [1.29, 1.82) is 0 Å². The van der Waals surface area contributed by atoms with E-state index >= 15 is 0 Å². The second kappa shape index (κ2) is 8.53. The molecular formula is C17H22OP2. The molecule has 0 aliphatic heterocycles. The summed E-state index contributed by atoms with van der Waals surface area (Å²) in [4.78, 5) is 0. The molecule has 0 saturated carbocycles. The van der Waals surface area contributed by atoms with Crippen molar-refractivity contribution < 1.29 is 4.52 Å². The van der Waals surface area contributed by atoms with Crippen molar-refractivity contribution in [1.82, 2.24) is 0 Å². The molecule has 2 aromatic rings. The lowest BCUT2D eigenvalue weighted by molar-refractivity contribution is 0.220. The lowest BCUT2D eigenvalue weighted by Crippen LogP contribution is -2.07. The fourth-order valence-electron chi connectivity index (χ4n) is 2.26. The normalized spacial score (nSPS) is 12.9. The van der Waals surface area contributed by atoms with Gasteiger partial charge in [0.05, 0.1) is 6.10 Å². The third-order valence-corrected chi connectivity index (χ3v) is 4.38. The van der Waals surface area contributed by atoms with Crippen molar-refractivity contribution in [3.8, 4) is 11.1 Å². The highest BCUT2D eigenvalue weighted by molar-refractivity contribution is 8.00. The molecule has 2 rings (SSSR count). The Morgan fingerprint density at radius 2 is 1.65 bits per heavy atom. The van der Waals surface area contributed by atoms with Gasteiger partial charge in [-0.25, -0.2) is 0 Å². The fraction of sp³-hybridized carbons (Fsp3) is 0.294. The molecule has 2 aromatic carbocycles. The van der Waals surface area contributed by atoms with E-state index in [2.05, 4.69) is 70.4 Å². The summed E-state index contributed by atoms with van der Waals surface area (Å²) in [6.45, 7) is 2.19. The first kappa shape index (κ1) is 15.6. The molecule has 0 spiro atoms.